The molecule has 110 valence electrons. The summed E-state index contributed by atoms with van der Waals surface area (Å²) >= 11 is 0. The molecule has 0 N–H and O–H groups in total. The van der Waals surface area contributed by atoms with Gasteiger partial charge >= 0.3 is 0 Å². The Bertz CT molecular complexity index is 769. The average molecular weight is 288 g/mol. The summed E-state index contributed by atoms with van der Waals surface area (Å²) in [5, 5.41) is 2.18. The van der Waals surface area contributed by atoms with Gasteiger partial charge in [0.25, 0.3) is 0 Å². The molecule has 0 fully saturated rings. The van der Waals surface area contributed by atoms with Crippen molar-refractivity contribution in [2.75, 3.05) is 0 Å². The van der Waals surface area contributed by atoms with E-state index in [1.54, 1.807) is 0 Å². The van der Waals surface area contributed by atoms with E-state index in [1.165, 1.54) is 5.56 Å². The molecule has 1 atom stereocenters. The second-order valence-corrected chi connectivity index (χ2v) is 5.69. The fraction of sp³-hybridized carbons (Fsp3) is 0.190. The molecule has 0 amide bonds. The van der Waals surface area contributed by atoms with E-state index in [0.29, 0.717) is 0 Å². The maximum Gasteiger partial charge on any atom is 0.166 e. The lowest BCUT2D eigenvalue weighted by Gasteiger charge is -2.15. The lowest BCUT2D eigenvalue weighted by Crippen LogP contribution is -2.17. The van der Waals surface area contributed by atoms with Gasteiger partial charge in [0.15, 0.2) is 5.78 Å². The molecule has 0 heterocycles. The van der Waals surface area contributed by atoms with E-state index in [4.69, 9.17) is 0 Å². The number of ketones is 1. The Morgan fingerprint density at radius 2 is 1.55 bits per heavy atom. The molecule has 0 bridgehead atoms. The Morgan fingerprint density at radius 3 is 2.32 bits per heavy atom. The molecular formula is C21H20O. The first-order valence-corrected chi connectivity index (χ1v) is 7.85. The third-order valence-corrected chi connectivity index (χ3v) is 4.24. The summed E-state index contributed by atoms with van der Waals surface area (Å²) in [5.41, 5.74) is 2.07. The molecule has 0 aromatic heterocycles. The van der Waals surface area contributed by atoms with Gasteiger partial charge < -0.3 is 0 Å². The third kappa shape index (κ3) is 2.94. The van der Waals surface area contributed by atoms with Gasteiger partial charge in [0, 0.05) is 11.5 Å². The molecule has 3 aromatic carbocycles. The molecular weight excluding hydrogens is 268 g/mol. The van der Waals surface area contributed by atoms with Crippen LogP contribution < -0.4 is 0 Å². The van der Waals surface area contributed by atoms with Crippen LogP contribution in [-0.2, 0) is 6.42 Å². The number of hydrogen-bond donors (Lipinski definition) is 0. The zero-order chi connectivity index (χ0) is 15.4. The first-order chi connectivity index (χ1) is 10.8. The van der Waals surface area contributed by atoms with E-state index in [1.807, 2.05) is 48.5 Å². The Morgan fingerprint density at radius 1 is 0.864 bits per heavy atom. The minimum atomic E-state index is 0.0354. The molecule has 1 heteroatoms. The van der Waals surface area contributed by atoms with Crippen LogP contribution in [0.4, 0.5) is 0 Å². The van der Waals surface area contributed by atoms with Crippen molar-refractivity contribution in [2.24, 2.45) is 5.92 Å². The molecule has 1 unspecified atom stereocenters. The van der Waals surface area contributed by atoms with Crippen molar-refractivity contribution in [3.05, 3.63) is 83.9 Å². The number of carbonyl (C=O) groups is 1. The van der Waals surface area contributed by atoms with Gasteiger partial charge in [-0.05, 0) is 29.2 Å². The van der Waals surface area contributed by atoms with Gasteiger partial charge in [-0.15, -0.1) is 0 Å². The normalized spacial score (nSPS) is 12.2. The van der Waals surface area contributed by atoms with Crippen molar-refractivity contribution in [3.8, 4) is 0 Å². The van der Waals surface area contributed by atoms with Crippen LogP contribution in [0.15, 0.2) is 72.8 Å². The van der Waals surface area contributed by atoms with Gasteiger partial charge in [0.05, 0.1) is 0 Å². The summed E-state index contributed by atoms with van der Waals surface area (Å²) < 4.78 is 0. The van der Waals surface area contributed by atoms with E-state index in [-0.39, 0.29) is 11.7 Å². The Labute approximate surface area is 131 Å². The summed E-state index contributed by atoms with van der Waals surface area (Å²) in [6.07, 6.45) is 1.66. The number of fused-ring (bicyclic) bond motifs is 1. The molecule has 0 aliphatic heterocycles. The van der Waals surface area contributed by atoms with Crippen molar-refractivity contribution in [1.29, 1.82) is 0 Å². The maximum atomic E-state index is 13.0. The first kappa shape index (κ1) is 14.5. The van der Waals surface area contributed by atoms with Crippen molar-refractivity contribution in [3.63, 3.8) is 0 Å². The standard InChI is InChI=1S/C21H20O/c1-2-17(15-16-9-4-3-5-10-16)21(22)20-14-8-12-18-11-6-7-13-19(18)20/h3-14,17H,2,15H2,1H3. The number of Topliss-reactive ketones (excluding diaryl/α,β-unsaturated/α-hetero) is 1. The lowest BCUT2D eigenvalue weighted by molar-refractivity contribution is 0.0917. The molecule has 22 heavy (non-hydrogen) atoms. The smallest absolute Gasteiger partial charge is 0.166 e. The number of carbonyl (C=O) groups excluding carboxylic acids is 1. The van der Waals surface area contributed by atoms with Crippen molar-refractivity contribution in [2.45, 2.75) is 19.8 Å². The van der Waals surface area contributed by atoms with Crippen LogP contribution in [0.5, 0.6) is 0 Å². The predicted octanol–water partition coefficient (Wildman–Crippen LogP) is 5.29. The highest BCUT2D eigenvalue weighted by molar-refractivity contribution is 6.09. The van der Waals surface area contributed by atoms with Gasteiger partial charge in [-0.25, -0.2) is 0 Å². The van der Waals surface area contributed by atoms with E-state index in [9.17, 15) is 4.79 Å². The highest BCUT2D eigenvalue weighted by Gasteiger charge is 2.20. The molecule has 0 spiro atoms. The van der Waals surface area contributed by atoms with Gasteiger partial charge in [-0.2, -0.15) is 0 Å². The topological polar surface area (TPSA) is 17.1 Å². The van der Waals surface area contributed by atoms with Crippen LogP contribution in [0.3, 0.4) is 0 Å². The summed E-state index contributed by atoms with van der Waals surface area (Å²) in [6, 6.07) is 24.4. The van der Waals surface area contributed by atoms with E-state index < -0.39 is 0 Å². The van der Waals surface area contributed by atoms with Crippen molar-refractivity contribution >= 4 is 16.6 Å². The fourth-order valence-electron chi connectivity index (χ4n) is 2.98. The molecule has 0 aliphatic carbocycles. The van der Waals surface area contributed by atoms with Crippen LogP contribution in [0.2, 0.25) is 0 Å². The summed E-state index contributed by atoms with van der Waals surface area (Å²) in [6.45, 7) is 2.09. The number of rotatable bonds is 5. The molecule has 0 aliphatic rings. The number of hydrogen-bond acceptors (Lipinski definition) is 1. The van der Waals surface area contributed by atoms with Gasteiger partial charge in [-0.3, -0.25) is 4.79 Å². The zero-order valence-corrected chi connectivity index (χ0v) is 12.8. The predicted molar refractivity (Wildman–Crippen MR) is 92.2 cm³/mol. The van der Waals surface area contributed by atoms with Crippen LogP contribution in [0, 0.1) is 5.92 Å². The highest BCUT2D eigenvalue weighted by Crippen LogP contribution is 2.24. The molecule has 0 radical (unpaired) electrons. The Balaban J connectivity index is 1.93. The summed E-state index contributed by atoms with van der Waals surface area (Å²) in [5.74, 6) is 0.288. The quantitative estimate of drug-likeness (QED) is 0.583. The first-order valence-electron chi connectivity index (χ1n) is 7.85. The van der Waals surface area contributed by atoms with Crippen LogP contribution >= 0.6 is 0 Å². The SMILES string of the molecule is CCC(Cc1ccccc1)C(=O)c1cccc2ccccc12. The van der Waals surface area contributed by atoms with Crippen LogP contribution in [-0.4, -0.2) is 5.78 Å². The van der Waals surface area contributed by atoms with E-state index in [0.717, 1.165) is 29.2 Å². The third-order valence-electron chi connectivity index (χ3n) is 4.24. The van der Waals surface area contributed by atoms with Gasteiger partial charge in [0.1, 0.15) is 0 Å². The maximum absolute atomic E-state index is 13.0. The highest BCUT2D eigenvalue weighted by atomic mass is 16.1. The Kier molecular flexibility index (Phi) is 4.34. The second kappa shape index (κ2) is 6.57. The zero-order valence-electron chi connectivity index (χ0n) is 12.8. The molecule has 0 saturated carbocycles. The minimum absolute atomic E-state index is 0.0354. The van der Waals surface area contributed by atoms with Crippen molar-refractivity contribution < 1.29 is 4.79 Å². The summed E-state index contributed by atoms with van der Waals surface area (Å²) in [7, 11) is 0. The minimum Gasteiger partial charge on any atom is -0.294 e. The van der Waals surface area contributed by atoms with Crippen LogP contribution in [0.1, 0.15) is 29.3 Å². The number of benzene rings is 3. The second-order valence-electron chi connectivity index (χ2n) is 5.69. The molecule has 3 aromatic rings. The molecule has 0 saturated heterocycles. The van der Waals surface area contributed by atoms with Gasteiger partial charge in [-0.1, -0.05) is 79.7 Å². The fourth-order valence-corrected chi connectivity index (χ4v) is 2.98. The van der Waals surface area contributed by atoms with Crippen LogP contribution in [0.25, 0.3) is 10.8 Å². The monoisotopic (exact) mass is 288 g/mol. The van der Waals surface area contributed by atoms with E-state index in [2.05, 4.69) is 31.2 Å². The molecule has 3 rings (SSSR count). The van der Waals surface area contributed by atoms with Crippen molar-refractivity contribution in [1.82, 2.24) is 0 Å². The summed E-state index contributed by atoms with van der Waals surface area (Å²) in [4.78, 5) is 13.0. The van der Waals surface area contributed by atoms with Gasteiger partial charge in [0.2, 0.25) is 0 Å². The Hall–Kier alpha value is -2.41. The largest absolute Gasteiger partial charge is 0.294 e. The average Bonchev–Trinajstić information content (AvgIpc) is 2.59. The lowest BCUT2D eigenvalue weighted by atomic mass is 9.87. The van der Waals surface area contributed by atoms with E-state index >= 15 is 0 Å². The molecule has 1 nitrogen and oxygen atoms in total.